The lowest BCUT2D eigenvalue weighted by Gasteiger charge is -2.44. The second-order valence-electron chi connectivity index (χ2n) is 6.59. The number of aryl methyl sites for hydroxylation is 1. The summed E-state index contributed by atoms with van der Waals surface area (Å²) in [7, 11) is 4.35. The van der Waals surface area contributed by atoms with Crippen LogP contribution in [0.15, 0.2) is 18.2 Å². The Kier molecular flexibility index (Phi) is 4.20. The van der Waals surface area contributed by atoms with Gasteiger partial charge in [0.05, 0.1) is 12.6 Å². The topological polar surface area (TPSA) is 50.5 Å². The van der Waals surface area contributed by atoms with Crippen molar-refractivity contribution in [2.24, 2.45) is 5.84 Å². The first-order chi connectivity index (χ1) is 10.2. The van der Waals surface area contributed by atoms with Crippen LogP contribution >= 0.6 is 0 Å². The van der Waals surface area contributed by atoms with Crippen molar-refractivity contribution in [3.05, 3.63) is 29.3 Å². The quantitative estimate of drug-likeness (QED) is 0.660. The Morgan fingerprint density at radius 1 is 1.24 bits per heavy atom. The average molecular weight is 289 g/mol. The van der Waals surface area contributed by atoms with Crippen LogP contribution in [0.3, 0.4) is 0 Å². The Balaban J connectivity index is 2.04. The fraction of sp³-hybridized carbons (Fsp3) is 0.647. The number of nitrogens with one attached hydrogen (secondary N) is 1. The van der Waals surface area contributed by atoms with Crippen LogP contribution in [0.5, 0.6) is 5.75 Å². The van der Waals surface area contributed by atoms with Crippen LogP contribution in [0.2, 0.25) is 0 Å². The lowest BCUT2D eigenvalue weighted by molar-refractivity contribution is 0.102. The molecule has 1 fully saturated rings. The van der Waals surface area contributed by atoms with E-state index in [4.69, 9.17) is 10.6 Å². The number of para-hydroxylation sites is 1. The molecular formula is C17H27N3O. The molecule has 1 saturated carbocycles. The predicted molar refractivity (Wildman–Crippen MR) is 85.2 cm³/mol. The van der Waals surface area contributed by atoms with E-state index < -0.39 is 0 Å². The number of ether oxygens (including phenoxy) is 1. The number of hydrogen-bond donors (Lipinski definition) is 2. The van der Waals surface area contributed by atoms with Gasteiger partial charge in [-0.05, 0) is 45.3 Å². The second-order valence-corrected chi connectivity index (χ2v) is 6.59. The number of nitrogens with two attached hydrogens (primary N) is 1. The van der Waals surface area contributed by atoms with Gasteiger partial charge < -0.3 is 9.64 Å². The first-order valence-corrected chi connectivity index (χ1v) is 8.07. The van der Waals surface area contributed by atoms with Gasteiger partial charge in [-0.2, -0.15) is 0 Å². The van der Waals surface area contributed by atoms with E-state index in [0.717, 1.165) is 25.2 Å². The van der Waals surface area contributed by atoms with Crippen LogP contribution in [0.1, 0.15) is 49.3 Å². The van der Waals surface area contributed by atoms with Crippen LogP contribution in [0.4, 0.5) is 0 Å². The Bertz CT molecular complexity index is 495. The molecule has 1 aliphatic heterocycles. The first kappa shape index (κ1) is 14.8. The van der Waals surface area contributed by atoms with E-state index in [2.05, 4.69) is 42.6 Å². The third kappa shape index (κ3) is 2.45. The van der Waals surface area contributed by atoms with Crippen LogP contribution in [0.25, 0.3) is 0 Å². The van der Waals surface area contributed by atoms with E-state index in [0.29, 0.717) is 0 Å². The molecule has 3 N–H and O–H groups in total. The number of nitrogens with zero attached hydrogens (tertiary/aromatic N) is 1. The van der Waals surface area contributed by atoms with Gasteiger partial charge in [0.25, 0.3) is 0 Å². The van der Waals surface area contributed by atoms with Gasteiger partial charge in [0.2, 0.25) is 0 Å². The van der Waals surface area contributed by atoms with E-state index >= 15 is 0 Å². The normalized spacial score (nSPS) is 21.9. The second kappa shape index (κ2) is 5.95. The molecule has 1 unspecified atom stereocenters. The zero-order chi connectivity index (χ0) is 14.9. The van der Waals surface area contributed by atoms with Crippen LogP contribution in [-0.2, 0) is 6.42 Å². The minimum absolute atomic E-state index is 0.0880. The van der Waals surface area contributed by atoms with Gasteiger partial charge in [0.1, 0.15) is 5.75 Å². The zero-order valence-electron chi connectivity index (χ0n) is 13.2. The number of hydrogen-bond acceptors (Lipinski definition) is 4. The Labute approximate surface area is 127 Å². The van der Waals surface area contributed by atoms with Gasteiger partial charge in [-0.1, -0.05) is 31.0 Å². The van der Waals surface area contributed by atoms with Crippen LogP contribution in [0, 0.1) is 0 Å². The highest BCUT2D eigenvalue weighted by molar-refractivity contribution is 5.46. The summed E-state index contributed by atoms with van der Waals surface area (Å²) in [5.74, 6) is 7.08. The van der Waals surface area contributed by atoms with Gasteiger partial charge in [0.15, 0.2) is 0 Å². The summed E-state index contributed by atoms with van der Waals surface area (Å²) in [6.07, 6.45) is 7.11. The molecule has 1 aliphatic carbocycles. The van der Waals surface area contributed by atoms with Crippen molar-refractivity contribution in [3.63, 3.8) is 0 Å². The van der Waals surface area contributed by atoms with E-state index in [1.165, 1.54) is 36.8 Å². The predicted octanol–water partition coefficient (Wildman–Crippen LogP) is 2.39. The summed E-state index contributed by atoms with van der Waals surface area (Å²) in [6, 6.07) is 6.62. The molecule has 1 heterocycles. The Hall–Kier alpha value is -1.10. The number of hydrazine groups is 1. The molecule has 1 atom stereocenters. The van der Waals surface area contributed by atoms with Crippen molar-refractivity contribution in [1.29, 1.82) is 0 Å². The van der Waals surface area contributed by atoms with E-state index in [1.54, 1.807) is 0 Å². The molecule has 3 rings (SSSR count). The third-order valence-corrected chi connectivity index (χ3v) is 5.34. The molecule has 1 aromatic carbocycles. The molecule has 21 heavy (non-hydrogen) atoms. The molecule has 4 heteroatoms. The van der Waals surface area contributed by atoms with Gasteiger partial charge in [-0.25, -0.2) is 0 Å². The van der Waals surface area contributed by atoms with Crippen molar-refractivity contribution >= 4 is 0 Å². The molecule has 1 aromatic rings. The van der Waals surface area contributed by atoms with Gasteiger partial charge in [-0.3, -0.25) is 11.3 Å². The monoisotopic (exact) mass is 289 g/mol. The van der Waals surface area contributed by atoms with Crippen molar-refractivity contribution in [3.8, 4) is 5.75 Å². The maximum absolute atomic E-state index is 6.01. The van der Waals surface area contributed by atoms with Crippen molar-refractivity contribution in [2.45, 2.75) is 50.1 Å². The lowest BCUT2D eigenvalue weighted by Crippen LogP contribution is -2.53. The summed E-state index contributed by atoms with van der Waals surface area (Å²) in [6.45, 7) is 0.816. The van der Waals surface area contributed by atoms with Crippen molar-refractivity contribution < 1.29 is 4.74 Å². The number of rotatable bonds is 4. The third-order valence-electron chi connectivity index (χ3n) is 5.34. The molecule has 4 nitrogen and oxygen atoms in total. The maximum atomic E-state index is 6.01. The smallest absolute Gasteiger partial charge is 0.127 e. The largest absolute Gasteiger partial charge is 0.493 e. The summed E-state index contributed by atoms with van der Waals surface area (Å²) >= 11 is 0. The fourth-order valence-corrected chi connectivity index (χ4v) is 4.16. The van der Waals surface area contributed by atoms with Crippen LogP contribution < -0.4 is 16.0 Å². The standard InChI is InChI=1S/C17H27N3O/c1-20(2)17(10-3-4-11-17)16(19-18)14-9-5-7-13-8-6-12-21-15(13)14/h5,7,9,16,19H,3-4,6,8,10-12,18H2,1-2H3. The van der Waals surface area contributed by atoms with Gasteiger partial charge in [0, 0.05) is 11.1 Å². The molecule has 0 aromatic heterocycles. The zero-order valence-corrected chi connectivity index (χ0v) is 13.2. The van der Waals surface area contributed by atoms with Crippen molar-refractivity contribution in [2.75, 3.05) is 20.7 Å². The number of benzene rings is 1. The fourth-order valence-electron chi connectivity index (χ4n) is 4.16. The first-order valence-electron chi connectivity index (χ1n) is 8.07. The summed E-state index contributed by atoms with van der Waals surface area (Å²) in [4.78, 5) is 2.35. The van der Waals surface area contributed by atoms with Gasteiger partial charge >= 0.3 is 0 Å². The molecule has 0 radical (unpaired) electrons. The Morgan fingerprint density at radius 2 is 2.00 bits per heavy atom. The molecule has 116 valence electrons. The Morgan fingerprint density at radius 3 is 2.67 bits per heavy atom. The molecule has 0 amide bonds. The highest BCUT2D eigenvalue weighted by Gasteiger charge is 2.44. The minimum Gasteiger partial charge on any atom is -0.493 e. The molecule has 0 bridgehead atoms. The van der Waals surface area contributed by atoms with E-state index in [1.807, 2.05) is 0 Å². The SMILES string of the molecule is CN(C)C1(C(NN)c2cccc3c2OCCC3)CCCC1. The summed E-state index contributed by atoms with van der Waals surface area (Å²) in [5.41, 5.74) is 5.75. The number of fused-ring (bicyclic) bond motifs is 1. The molecule has 2 aliphatic rings. The molecule has 0 saturated heterocycles. The highest BCUT2D eigenvalue weighted by Crippen LogP contribution is 2.46. The van der Waals surface area contributed by atoms with Gasteiger partial charge in [-0.15, -0.1) is 0 Å². The lowest BCUT2D eigenvalue weighted by atomic mass is 9.81. The van der Waals surface area contributed by atoms with Crippen molar-refractivity contribution in [1.82, 2.24) is 10.3 Å². The molecular weight excluding hydrogens is 262 g/mol. The number of likely N-dealkylation sites (N-methyl/N-ethyl adjacent to an activating group) is 1. The average Bonchev–Trinajstić information content (AvgIpc) is 2.99. The van der Waals surface area contributed by atoms with Crippen LogP contribution in [-0.4, -0.2) is 31.1 Å². The summed E-state index contributed by atoms with van der Waals surface area (Å²) < 4.78 is 6.01. The van der Waals surface area contributed by atoms with E-state index in [9.17, 15) is 0 Å². The molecule has 0 spiro atoms. The summed E-state index contributed by atoms with van der Waals surface area (Å²) in [5, 5.41) is 0. The van der Waals surface area contributed by atoms with E-state index in [-0.39, 0.29) is 11.6 Å². The maximum Gasteiger partial charge on any atom is 0.127 e. The minimum atomic E-state index is 0.0880. The highest BCUT2D eigenvalue weighted by atomic mass is 16.5.